The number of anilines is 1. The number of rotatable bonds is 9. The quantitative estimate of drug-likeness (QED) is 0.178. The number of nitrogens with one attached hydrogen (secondary N) is 1. The first-order valence-electron chi connectivity index (χ1n) is 10.1. The van der Waals surface area contributed by atoms with Gasteiger partial charge in [0, 0.05) is 6.07 Å². The van der Waals surface area contributed by atoms with Crippen molar-refractivity contribution in [3.05, 3.63) is 91.4 Å². The second kappa shape index (κ2) is 11.3. The summed E-state index contributed by atoms with van der Waals surface area (Å²) in [5.41, 5.74) is 1.69. The van der Waals surface area contributed by atoms with Crippen molar-refractivity contribution >= 4 is 40.8 Å². The van der Waals surface area contributed by atoms with Crippen molar-refractivity contribution in [2.24, 2.45) is 5.10 Å². The number of halogens is 5. The third-order valence-electron chi connectivity index (χ3n) is 4.57. The molecule has 0 radical (unpaired) electrons. The molecule has 0 aliphatic carbocycles. The highest BCUT2D eigenvalue weighted by Crippen LogP contribution is 2.35. The molecule has 0 saturated heterocycles. The van der Waals surface area contributed by atoms with E-state index < -0.39 is 22.4 Å². The van der Waals surface area contributed by atoms with Crippen LogP contribution in [0.25, 0.3) is 0 Å². The van der Waals surface area contributed by atoms with Gasteiger partial charge in [-0.2, -0.15) is 18.3 Å². The summed E-state index contributed by atoms with van der Waals surface area (Å²) in [5.74, 6) is 0.887. The van der Waals surface area contributed by atoms with Crippen LogP contribution in [-0.4, -0.2) is 17.7 Å². The van der Waals surface area contributed by atoms with Gasteiger partial charge in [0.15, 0.2) is 11.5 Å². The van der Waals surface area contributed by atoms with Crippen LogP contribution in [0.5, 0.6) is 11.5 Å². The van der Waals surface area contributed by atoms with Crippen LogP contribution in [0.4, 0.5) is 24.5 Å². The van der Waals surface area contributed by atoms with Crippen molar-refractivity contribution in [3.63, 3.8) is 0 Å². The van der Waals surface area contributed by atoms with Gasteiger partial charge in [0.25, 0.3) is 5.69 Å². The zero-order valence-electron chi connectivity index (χ0n) is 18.1. The Kier molecular flexibility index (Phi) is 8.42. The molecule has 12 heteroatoms. The van der Waals surface area contributed by atoms with Crippen LogP contribution >= 0.6 is 23.2 Å². The van der Waals surface area contributed by atoms with E-state index in [9.17, 15) is 23.3 Å². The maximum atomic E-state index is 12.8. The van der Waals surface area contributed by atoms with E-state index in [1.165, 1.54) is 6.21 Å². The van der Waals surface area contributed by atoms with Gasteiger partial charge in [-0.3, -0.25) is 15.5 Å². The highest BCUT2D eigenvalue weighted by atomic mass is 35.5. The monoisotopic (exact) mass is 527 g/mol. The van der Waals surface area contributed by atoms with Gasteiger partial charge < -0.3 is 9.47 Å². The number of benzene rings is 3. The summed E-state index contributed by atoms with van der Waals surface area (Å²) >= 11 is 11.9. The maximum absolute atomic E-state index is 12.8. The van der Waals surface area contributed by atoms with Gasteiger partial charge >= 0.3 is 6.18 Å². The number of hydrogen-bond acceptors (Lipinski definition) is 6. The molecule has 0 amide bonds. The first-order valence-corrected chi connectivity index (χ1v) is 10.8. The second-order valence-corrected chi connectivity index (χ2v) is 7.85. The summed E-state index contributed by atoms with van der Waals surface area (Å²) in [6.45, 7) is 2.37. The Morgan fingerprint density at radius 2 is 1.80 bits per heavy atom. The molecule has 0 heterocycles. The first kappa shape index (κ1) is 26.1. The molecule has 35 heavy (non-hydrogen) atoms. The molecule has 0 aliphatic rings. The Balaban J connectivity index is 1.74. The zero-order chi connectivity index (χ0) is 25.6. The Bertz CT molecular complexity index is 1250. The van der Waals surface area contributed by atoms with Crippen LogP contribution in [0.15, 0.2) is 59.7 Å². The van der Waals surface area contributed by atoms with Crippen molar-refractivity contribution in [2.75, 3.05) is 12.0 Å². The molecule has 0 atom stereocenters. The van der Waals surface area contributed by atoms with Gasteiger partial charge in [-0.1, -0.05) is 29.3 Å². The molecule has 0 fully saturated rings. The Morgan fingerprint density at radius 1 is 1.03 bits per heavy atom. The van der Waals surface area contributed by atoms with Crippen LogP contribution in [0.2, 0.25) is 10.0 Å². The SMILES string of the molecule is CCOc1cc(/C=N\Nc2ccc(C(F)(F)F)cc2[N+](=O)[O-])ccc1OCc1ccc(Cl)c(Cl)c1. The zero-order valence-corrected chi connectivity index (χ0v) is 19.6. The minimum atomic E-state index is -4.70. The largest absolute Gasteiger partial charge is 0.490 e. The van der Waals surface area contributed by atoms with E-state index >= 15 is 0 Å². The average Bonchev–Trinajstić information content (AvgIpc) is 2.80. The topological polar surface area (TPSA) is 86.0 Å². The van der Waals surface area contributed by atoms with E-state index in [0.717, 1.165) is 17.7 Å². The van der Waals surface area contributed by atoms with Crippen molar-refractivity contribution < 1.29 is 27.6 Å². The van der Waals surface area contributed by atoms with Gasteiger partial charge in [0.2, 0.25) is 0 Å². The molecular weight excluding hydrogens is 510 g/mol. The lowest BCUT2D eigenvalue weighted by molar-refractivity contribution is -0.384. The third-order valence-corrected chi connectivity index (χ3v) is 5.31. The molecule has 184 valence electrons. The lowest BCUT2D eigenvalue weighted by atomic mass is 10.1. The fourth-order valence-electron chi connectivity index (χ4n) is 2.91. The van der Waals surface area contributed by atoms with E-state index in [0.29, 0.717) is 39.8 Å². The van der Waals surface area contributed by atoms with Crippen molar-refractivity contribution in [3.8, 4) is 11.5 Å². The van der Waals surface area contributed by atoms with Crippen LogP contribution < -0.4 is 14.9 Å². The molecule has 3 rings (SSSR count). The minimum absolute atomic E-state index is 0.189. The Morgan fingerprint density at radius 3 is 2.46 bits per heavy atom. The second-order valence-electron chi connectivity index (χ2n) is 7.03. The number of nitro groups is 1. The van der Waals surface area contributed by atoms with Gasteiger partial charge in [-0.15, -0.1) is 0 Å². The molecule has 0 unspecified atom stereocenters. The lowest BCUT2D eigenvalue weighted by Crippen LogP contribution is -2.06. The fourth-order valence-corrected chi connectivity index (χ4v) is 3.23. The van der Waals surface area contributed by atoms with Crippen LogP contribution in [0, 0.1) is 10.1 Å². The highest BCUT2D eigenvalue weighted by Gasteiger charge is 2.33. The van der Waals surface area contributed by atoms with Crippen LogP contribution in [0.1, 0.15) is 23.6 Å². The van der Waals surface area contributed by atoms with E-state index in [1.807, 2.05) is 0 Å². The number of hydrogen-bond donors (Lipinski definition) is 1. The number of nitro benzene ring substituents is 1. The van der Waals surface area contributed by atoms with E-state index in [2.05, 4.69) is 10.5 Å². The molecule has 3 aromatic carbocycles. The maximum Gasteiger partial charge on any atom is 0.416 e. The lowest BCUT2D eigenvalue weighted by Gasteiger charge is -2.13. The molecular formula is C23H18Cl2F3N3O4. The van der Waals surface area contributed by atoms with Gasteiger partial charge in [-0.25, -0.2) is 0 Å². The summed E-state index contributed by atoms with van der Waals surface area (Å²) in [5, 5.41) is 15.9. The molecule has 0 aromatic heterocycles. The van der Waals surface area contributed by atoms with Crippen molar-refractivity contribution in [1.82, 2.24) is 0 Å². The predicted octanol–water partition coefficient (Wildman–Crippen LogP) is 7.34. The normalized spacial score (nSPS) is 11.5. The summed E-state index contributed by atoms with van der Waals surface area (Å²) in [6, 6.07) is 12.2. The summed E-state index contributed by atoms with van der Waals surface area (Å²) in [6.07, 6.45) is -3.36. The average molecular weight is 528 g/mol. The molecule has 1 N–H and O–H groups in total. The third kappa shape index (κ3) is 7.00. The van der Waals surface area contributed by atoms with E-state index in [1.54, 1.807) is 43.3 Å². The van der Waals surface area contributed by atoms with Crippen LogP contribution in [0.3, 0.4) is 0 Å². The van der Waals surface area contributed by atoms with Gasteiger partial charge in [-0.05, 0) is 60.5 Å². The summed E-state index contributed by atoms with van der Waals surface area (Å²) in [7, 11) is 0. The Labute approximate surface area is 208 Å². The minimum Gasteiger partial charge on any atom is -0.490 e. The summed E-state index contributed by atoms with van der Waals surface area (Å²) in [4.78, 5) is 10.3. The standard InChI is InChI=1S/C23H18Cl2F3N3O4/c1-2-34-22-10-14(4-8-21(22)35-13-15-3-6-17(24)18(25)9-15)12-29-30-19-7-5-16(23(26,27)28)11-20(19)31(32)33/h3-12,30H,2,13H2,1H3/b29-12-. The first-order chi connectivity index (χ1) is 16.6. The number of nitrogens with zero attached hydrogens (tertiary/aromatic N) is 2. The van der Waals surface area contributed by atoms with Gasteiger partial charge in [0.1, 0.15) is 12.3 Å². The predicted molar refractivity (Wildman–Crippen MR) is 128 cm³/mol. The molecule has 0 saturated carbocycles. The molecule has 7 nitrogen and oxygen atoms in total. The fraction of sp³-hybridized carbons (Fsp3) is 0.174. The molecule has 0 bridgehead atoms. The van der Waals surface area contributed by atoms with Crippen molar-refractivity contribution in [1.29, 1.82) is 0 Å². The Hall–Kier alpha value is -3.50. The number of hydrazone groups is 1. The van der Waals surface area contributed by atoms with Crippen molar-refractivity contribution in [2.45, 2.75) is 19.7 Å². The number of ether oxygens (including phenoxy) is 2. The molecule has 0 aliphatic heterocycles. The number of alkyl halides is 3. The van der Waals surface area contributed by atoms with E-state index in [4.69, 9.17) is 32.7 Å². The molecule has 0 spiro atoms. The van der Waals surface area contributed by atoms with Crippen LogP contribution in [-0.2, 0) is 12.8 Å². The summed E-state index contributed by atoms with van der Waals surface area (Å²) < 4.78 is 50.0. The smallest absolute Gasteiger partial charge is 0.416 e. The highest BCUT2D eigenvalue weighted by molar-refractivity contribution is 6.42. The van der Waals surface area contributed by atoms with Gasteiger partial charge in [0.05, 0.1) is 33.4 Å². The molecule has 3 aromatic rings. The van der Waals surface area contributed by atoms with E-state index in [-0.39, 0.29) is 12.3 Å².